The molecule has 0 spiro atoms. The lowest BCUT2D eigenvalue weighted by atomic mass is 10.1. The van der Waals surface area contributed by atoms with Crippen molar-refractivity contribution in [1.82, 2.24) is 9.80 Å². The van der Waals surface area contributed by atoms with Crippen LogP contribution in [0.5, 0.6) is 0 Å². The van der Waals surface area contributed by atoms with Gasteiger partial charge in [-0.3, -0.25) is 9.69 Å². The van der Waals surface area contributed by atoms with E-state index in [2.05, 4.69) is 23.6 Å². The van der Waals surface area contributed by atoms with Crippen LogP contribution in [0.3, 0.4) is 0 Å². The number of Topliss-reactive ketones (excluding diaryl/α,β-unsaturated/α-hetero) is 1. The van der Waals surface area contributed by atoms with Crippen molar-refractivity contribution in [2.75, 3.05) is 32.7 Å². The van der Waals surface area contributed by atoms with E-state index >= 15 is 0 Å². The van der Waals surface area contributed by atoms with Gasteiger partial charge in [-0.05, 0) is 25.5 Å². The molecule has 0 radical (unpaired) electrons. The van der Waals surface area contributed by atoms with Gasteiger partial charge in [0.15, 0.2) is 5.78 Å². The van der Waals surface area contributed by atoms with E-state index in [4.69, 9.17) is 0 Å². The molecule has 4 heteroatoms. The van der Waals surface area contributed by atoms with Crippen LogP contribution in [-0.2, 0) is 0 Å². The van der Waals surface area contributed by atoms with E-state index in [9.17, 15) is 9.18 Å². The average molecular weight is 292 g/mol. The molecule has 0 bridgehead atoms. The summed E-state index contributed by atoms with van der Waals surface area (Å²) in [6, 6.07) is 6.87. The average Bonchev–Trinajstić information content (AvgIpc) is 2.52. The van der Waals surface area contributed by atoms with E-state index in [1.165, 1.54) is 12.5 Å². The molecule has 2 rings (SSSR count). The minimum absolute atomic E-state index is 0.0996. The van der Waals surface area contributed by atoms with Crippen LogP contribution in [0.2, 0.25) is 0 Å². The number of hydrogen-bond acceptors (Lipinski definition) is 3. The molecular weight excluding hydrogens is 267 g/mol. The molecule has 0 N–H and O–H groups in total. The molecule has 116 valence electrons. The van der Waals surface area contributed by atoms with Crippen LogP contribution in [0.1, 0.15) is 37.0 Å². The van der Waals surface area contributed by atoms with Crippen LogP contribution in [0.15, 0.2) is 24.3 Å². The summed E-state index contributed by atoms with van der Waals surface area (Å²) in [7, 11) is 0. The third-order valence-electron chi connectivity index (χ3n) is 4.45. The summed E-state index contributed by atoms with van der Waals surface area (Å²) in [6.45, 7) is 9.30. The van der Waals surface area contributed by atoms with Crippen LogP contribution < -0.4 is 0 Å². The number of carbonyl (C=O) groups excluding carboxylic acids is 1. The molecule has 1 fully saturated rings. The van der Waals surface area contributed by atoms with Crippen LogP contribution >= 0.6 is 0 Å². The van der Waals surface area contributed by atoms with Gasteiger partial charge in [0.05, 0.1) is 5.56 Å². The first-order valence-corrected chi connectivity index (χ1v) is 7.86. The maximum atomic E-state index is 13.5. The topological polar surface area (TPSA) is 23.6 Å². The Kier molecular flexibility index (Phi) is 5.88. The summed E-state index contributed by atoms with van der Waals surface area (Å²) < 4.78 is 13.5. The standard InChI is InChI=1S/C17H25FN2O/c1-3-14(2)20-12-10-19(11-13-20)9-8-17(21)15-6-4-5-7-16(15)18/h4-7,14H,3,8-13H2,1-2H3. The van der Waals surface area contributed by atoms with Crippen LogP contribution in [-0.4, -0.2) is 54.3 Å². The Balaban J connectivity index is 1.77. The van der Waals surface area contributed by atoms with E-state index in [-0.39, 0.29) is 11.3 Å². The summed E-state index contributed by atoms with van der Waals surface area (Å²) in [6.07, 6.45) is 1.57. The Morgan fingerprint density at radius 3 is 2.52 bits per heavy atom. The van der Waals surface area contributed by atoms with Gasteiger partial charge in [0, 0.05) is 45.2 Å². The molecule has 0 aromatic heterocycles. The van der Waals surface area contributed by atoms with Crippen molar-refractivity contribution < 1.29 is 9.18 Å². The third-order valence-corrected chi connectivity index (χ3v) is 4.45. The fourth-order valence-corrected chi connectivity index (χ4v) is 2.77. The number of benzene rings is 1. The molecular formula is C17H25FN2O. The molecule has 1 atom stereocenters. The number of piperazine rings is 1. The van der Waals surface area contributed by atoms with Crippen LogP contribution in [0.4, 0.5) is 4.39 Å². The molecule has 1 saturated heterocycles. The van der Waals surface area contributed by atoms with Crippen molar-refractivity contribution in [3.63, 3.8) is 0 Å². The Bertz CT molecular complexity index is 470. The first kappa shape index (κ1) is 16.1. The molecule has 1 aliphatic rings. The molecule has 1 aliphatic heterocycles. The van der Waals surface area contributed by atoms with E-state index < -0.39 is 5.82 Å². The summed E-state index contributed by atoms with van der Waals surface area (Å²) in [5, 5.41) is 0. The van der Waals surface area contributed by atoms with Gasteiger partial charge in [-0.2, -0.15) is 0 Å². The molecule has 0 saturated carbocycles. The fraction of sp³-hybridized carbons (Fsp3) is 0.588. The second-order valence-corrected chi connectivity index (χ2v) is 5.79. The van der Waals surface area contributed by atoms with Crippen molar-refractivity contribution >= 4 is 5.78 Å². The van der Waals surface area contributed by atoms with Crippen molar-refractivity contribution in [2.45, 2.75) is 32.7 Å². The lowest BCUT2D eigenvalue weighted by molar-refractivity contribution is 0.0864. The predicted molar refractivity (Wildman–Crippen MR) is 83.1 cm³/mol. The maximum Gasteiger partial charge on any atom is 0.167 e. The van der Waals surface area contributed by atoms with Gasteiger partial charge in [-0.1, -0.05) is 19.1 Å². The largest absolute Gasteiger partial charge is 0.300 e. The van der Waals surface area contributed by atoms with Gasteiger partial charge in [-0.25, -0.2) is 4.39 Å². The Labute approximate surface area is 126 Å². The predicted octanol–water partition coefficient (Wildman–Crippen LogP) is 2.81. The highest BCUT2D eigenvalue weighted by atomic mass is 19.1. The SMILES string of the molecule is CCC(C)N1CCN(CCC(=O)c2ccccc2F)CC1. The number of ketones is 1. The summed E-state index contributed by atoms with van der Waals surface area (Å²) >= 11 is 0. The smallest absolute Gasteiger partial charge is 0.167 e. The van der Waals surface area contributed by atoms with E-state index in [1.54, 1.807) is 18.2 Å². The number of nitrogens with zero attached hydrogens (tertiary/aromatic N) is 2. The zero-order valence-corrected chi connectivity index (χ0v) is 13.0. The highest BCUT2D eigenvalue weighted by Crippen LogP contribution is 2.12. The Morgan fingerprint density at radius 1 is 1.24 bits per heavy atom. The molecule has 0 aliphatic carbocycles. The van der Waals surface area contributed by atoms with E-state index in [0.717, 1.165) is 32.7 Å². The lowest BCUT2D eigenvalue weighted by Crippen LogP contribution is -2.49. The minimum atomic E-state index is -0.413. The second-order valence-electron chi connectivity index (χ2n) is 5.79. The van der Waals surface area contributed by atoms with Gasteiger partial charge in [0.25, 0.3) is 0 Å². The quantitative estimate of drug-likeness (QED) is 0.753. The summed E-state index contributed by atoms with van der Waals surface area (Å²) in [5.41, 5.74) is 0.218. The normalized spacial score (nSPS) is 18.6. The molecule has 0 amide bonds. The summed E-state index contributed by atoms with van der Waals surface area (Å²) in [4.78, 5) is 16.8. The third kappa shape index (κ3) is 4.35. The van der Waals surface area contributed by atoms with Gasteiger partial charge in [0.2, 0.25) is 0 Å². The summed E-state index contributed by atoms with van der Waals surface area (Å²) in [5.74, 6) is -0.512. The van der Waals surface area contributed by atoms with Crippen molar-refractivity contribution in [3.05, 3.63) is 35.6 Å². The molecule has 1 aromatic rings. The van der Waals surface area contributed by atoms with E-state index in [0.29, 0.717) is 12.5 Å². The highest BCUT2D eigenvalue weighted by molar-refractivity contribution is 5.96. The van der Waals surface area contributed by atoms with Crippen molar-refractivity contribution in [3.8, 4) is 0 Å². The zero-order valence-electron chi connectivity index (χ0n) is 13.0. The molecule has 3 nitrogen and oxygen atoms in total. The first-order valence-electron chi connectivity index (χ1n) is 7.86. The van der Waals surface area contributed by atoms with Crippen LogP contribution in [0, 0.1) is 5.82 Å². The molecule has 1 unspecified atom stereocenters. The lowest BCUT2D eigenvalue weighted by Gasteiger charge is -2.37. The molecule has 1 aromatic carbocycles. The highest BCUT2D eigenvalue weighted by Gasteiger charge is 2.20. The zero-order chi connectivity index (χ0) is 15.2. The Hall–Kier alpha value is -1.26. The van der Waals surface area contributed by atoms with Gasteiger partial charge in [0.1, 0.15) is 5.82 Å². The number of hydrogen-bond donors (Lipinski definition) is 0. The van der Waals surface area contributed by atoms with Gasteiger partial charge in [-0.15, -0.1) is 0 Å². The van der Waals surface area contributed by atoms with Gasteiger partial charge < -0.3 is 4.90 Å². The van der Waals surface area contributed by atoms with E-state index in [1.807, 2.05) is 0 Å². The van der Waals surface area contributed by atoms with Crippen LogP contribution in [0.25, 0.3) is 0 Å². The monoisotopic (exact) mass is 292 g/mol. The Morgan fingerprint density at radius 2 is 1.90 bits per heavy atom. The number of rotatable bonds is 6. The first-order chi connectivity index (χ1) is 10.1. The molecule has 21 heavy (non-hydrogen) atoms. The van der Waals surface area contributed by atoms with Crippen molar-refractivity contribution in [1.29, 1.82) is 0 Å². The van der Waals surface area contributed by atoms with Gasteiger partial charge >= 0.3 is 0 Å². The number of carbonyl (C=O) groups is 1. The molecule has 1 heterocycles. The van der Waals surface area contributed by atoms with Crippen molar-refractivity contribution in [2.24, 2.45) is 0 Å². The fourth-order valence-electron chi connectivity index (χ4n) is 2.77. The number of halogens is 1. The maximum absolute atomic E-state index is 13.5. The second kappa shape index (κ2) is 7.66. The minimum Gasteiger partial charge on any atom is -0.300 e.